The van der Waals surface area contributed by atoms with E-state index < -0.39 is 11.9 Å². The molecule has 2 heterocycles. The number of anilines is 1. The highest BCUT2D eigenvalue weighted by Gasteiger charge is 2.21. The number of benzene rings is 1. The molecule has 0 aliphatic rings. The third kappa shape index (κ3) is 5.35. The Hall–Kier alpha value is -3.18. The molecule has 1 aromatic carbocycles. The number of thioether (sulfide) groups is 1. The fourth-order valence-electron chi connectivity index (χ4n) is 2.76. The van der Waals surface area contributed by atoms with Gasteiger partial charge in [-0.05, 0) is 19.1 Å². The number of hydrogen-bond donors (Lipinski definition) is 1. The number of esters is 2. The number of nitrogens with zero attached hydrogens (tertiary/aromatic N) is 3. The molecule has 0 aliphatic carbocycles. The van der Waals surface area contributed by atoms with Crippen LogP contribution in [0.25, 0.3) is 10.9 Å². The molecule has 0 saturated heterocycles. The lowest BCUT2D eigenvalue weighted by atomic mass is 10.2. The van der Waals surface area contributed by atoms with E-state index in [2.05, 4.69) is 21.9 Å². The predicted molar refractivity (Wildman–Crippen MR) is 124 cm³/mol. The van der Waals surface area contributed by atoms with Crippen molar-refractivity contribution in [3.8, 4) is 0 Å². The topological polar surface area (TPSA) is 112 Å². The predicted octanol–water partition coefficient (Wildman–Crippen LogP) is 3.09. The number of nitrogens with one attached hydrogen (secondary N) is 1. The minimum Gasteiger partial charge on any atom is -0.468 e. The summed E-state index contributed by atoms with van der Waals surface area (Å²) in [6, 6.07) is 6.90. The summed E-state index contributed by atoms with van der Waals surface area (Å²) >= 11 is 2.39. The first-order valence-electron chi connectivity index (χ1n) is 9.69. The zero-order valence-corrected chi connectivity index (χ0v) is 19.3. The van der Waals surface area contributed by atoms with E-state index >= 15 is 0 Å². The molecular formula is C21H22N4O5S2. The Labute approximate surface area is 192 Å². The second-order valence-electron chi connectivity index (χ2n) is 6.35. The lowest BCUT2D eigenvalue weighted by Gasteiger charge is -2.12. The number of fused-ring (bicyclic) bond motifs is 1. The molecule has 9 nitrogen and oxygen atoms in total. The number of carbonyl (C=O) groups excluding carboxylic acids is 2. The number of hydrogen-bond acceptors (Lipinski definition) is 10. The van der Waals surface area contributed by atoms with Crippen LogP contribution in [0.4, 0.5) is 5.13 Å². The molecule has 0 saturated carbocycles. The highest BCUT2D eigenvalue weighted by molar-refractivity contribution is 7.98. The second kappa shape index (κ2) is 10.9. The zero-order chi connectivity index (χ0) is 23.1. The van der Waals surface area contributed by atoms with Gasteiger partial charge < -0.3 is 14.8 Å². The number of rotatable bonds is 10. The minimum atomic E-state index is -0.567. The quantitative estimate of drug-likeness (QED) is 0.205. The van der Waals surface area contributed by atoms with Crippen LogP contribution in [0.15, 0.2) is 46.9 Å². The van der Waals surface area contributed by atoms with Crippen molar-refractivity contribution in [3.05, 3.63) is 57.8 Å². The number of ether oxygens (including phenoxy) is 2. The van der Waals surface area contributed by atoms with Gasteiger partial charge in [0.05, 0.1) is 30.3 Å². The third-order valence-corrected chi connectivity index (χ3v) is 6.26. The van der Waals surface area contributed by atoms with E-state index in [1.807, 2.05) is 0 Å². The first-order valence-corrected chi connectivity index (χ1v) is 11.5. The van der Waals surface area contributed by atoms with Gasteiger partial charge in [-0.25, -0.2) is 14.8 Å². The van der Waals surface area contributed by atoms with Crippen LogP contribution in [-0.4, -0.2) is 46.7 Å². The van der Waals surface area contributed by atoms with Crippen LogP contribution in [0.5, 0.6) is 0 Å². The van der Waals surface area contributed by atoms with Crippen molar-refractivity contribution in [1.29, 1.82) is 0 Å². The molecule has 0 aliphatic heterocycles. The van der Waals surface area contributed by atoms with Crippen LogP contribution in [-0.2, 0) is 26.6 Å². The molecule has 0 fully saturated rings. The Bertz CT molecular complexity index is 1200. The van der Waals surface area contributed by atoms with E-state index in [0.717, 1.165) is 0 Å². The highest BCUT2D eigenvalue weighted by atomic mass is 32.2. The highest BCUT2D eigenvalue weighted by Crippen LogP contribution is 2.29. The Morgan fingerprint density at radius 3 is 2.81 bits per heavy atom. The van der Waals surface area contributed by atoms with Crippen molar-refractivity contribution in [3.63, 3.8) is 0 Å². The summed E-state index contributed by atoms with van der Waals surface area (Å²) in [6.45, 7) is 5.85. The standard InChI is InChI=1S/C21H22N4O5S2/c1-4-10-22-20-23-15(17(32-20)19(28)30-5-2)12-31-21-24-14-9-7-6-8-13(14)18(27)25(21)11-16(26)29-3/h4,6-9H,1,5,10-12H2,2-3H3,(H,22,23). The van der Waals surface area contributed by atoms with E-state index in [1.54, 1.807) is 37.3 Å². The van der Waals surface area contributed by atoms with Crippen molar-refractivity contribution in [1.82, 2.24) is 14.5 Å². The van der Waals surface area contributed by atoms with Crippen LogP contribution >= 0.6 is 23.1 Å². The van der Waals surface area contributed by atoms with Gasteiger partial charge in [-0.15, -0.1) is 6.58 Å². The molecule has 0 radical (unpaired) electrons. The zero-order valence-electron chi connectivity index (χ0n) is 17.6. The van der Waals surface area contributed by atoms with Crippen molar-refractivity contribution in [2.75, 3.05) is 25.6 Å². The van der Waals surface area contributed by atoms with Crippen molar-refractivity contribution in [2.45, 2.75) is 24.4 Å². The summed E-state index contributed by atoms with van der Waals surface area (Å²) in [5.41, 5.74) is 0.663. The van der Waals surface area contributed by atoms with Gasteiger partial charge in [0.15, 0.2) is 10.3 Å². The van der Waals surface area contributed by atoms with E-state index in [0.29, 0.717) is 38.3 Å². The van der Waals surface area contributed by atoms with Crippen molar-refractivity contribution < 1.29 is 19.1 Å². The van der Waals surface area contributed by atoms with E-state index in [1.165, 1.54) is 34.8 Å². The summed E-state index contributed by atoms with van der Waals surface area (Å²) in [7, 11) is 1.26. The van der Waals surface area contributed by atoms with Crippen LogP contribution in [0.3, 0.4) is 0 Å². The van der Waals surface area contributed by atoms with Gasteiger partial charge in [0.2, 0.25) is 0 Å². The molecule has 3 aromatic rings. The first-order chi connectivity index (χ1) is 15.5. The maximum Gasteiger partial charge on any atom is 0.350 e. The number of methoxy groups -OCH3 is 1. The minimum absolute atomic E-state index is 0.240. The fourth-order valence-corrected chi connectivity index (χ4v) is 4.68. The Morgan fingerprint density at radius 1 is 1.31 bits per heavy atom. The van der Waals surface area contributed by atoms with Crippen LogP contribution in [0, 0.1) is 0 Å². The molecule has 0 spiro atoms. The SMILES string of the molecule is C=CCNc1nc(CSc2nc3ccccc3c(=O)n2CC(=O)OC)c(C(=O)OCC)s1. The fraction of sp³-hybridized carbons (Fsp3) is 0.286. The summed E-state index contributed by atoms with van der Waals surface area (Å²) in [4.78, 5) is 46.7. The Morgan fingerprint density at radius 2 is 2.09 bits per heavy atom. The van der Waals surface area contributed by atoms with E-state index in [4.69, 9.17) is 9.47 Å². The number of carbonyl (C=O) groups is 2. The molecule has 168 valence electrons. The molecule has 1 N–H and O–H groups in total. The van der Waals surface area contributed by atoms with Gasteiger partial charge in [0.25, 0.3) is 5.56 Å². The third-order valence-electron chi connectivity index (χ3n) is 4.24. The summed E-state index contributed by atoms with van der Waals surface area (Å²) < 4.78 is 11.2. The lowest BCUT2D eigenvalue weighted by molar-refractivity contribution is -0.141. The monoisotopic (exact) mass is 474 g/mol. The Balaban J connectivity index is 1.97. The van der Waals surface area contributed by atoms with Gasteiger partial charge in [0.1, 0.15) is 11.4 Å². The average Bonchev–Trinajstić information content (AvgIpc) is 3.21. The first kappa shape index (κ1) is 23.5. The van der Waals surface area contributed by atoms with Gasteiger partial charge >= 0.3 is 11.9 Å². The van der Waals surface area contributed by atoms with Crippen LogP contribution in [0.1, 0.15) is 22.3 Å². The number of thiazole rings is 1. The molecular weight excluding hydrogens is 452 g/mol. The van der Waals surface area contributed by atoms with Crippen molar-refractivity contribution >= 4 is 51.1 Å². The molecule has 0 unspecified atom stereocenters. The van der Waals surface area contributed by atoms with Gasteiger partial charge in [-0.2, -0.15) is 0 Å². The maximum atomic E-state index is 13.0. The molecule has 0 atom stereocenters. The lowest BCUT2D eigenvalue weighted by Crippen LogP contribution is -2.27. The molecule has 2 aromatic heterocycles. The van der Waals surface area contributed by atoms with Gasteiger partial charge in [0, 0.05) is 12.3 Å². The molecule has 11 heteroatoms. The van der Waals surface area contributed by atoms with Crippen LogP contribution < -0.4 is 10.9 Å². The van der Waals surface area contributed by atoms with Crippen LogP contribution in [0.2, 0.25) is 0 Å². The largest absolute Gasteiger partial charge is 0.468 e. The average molecular weight is 475 g/mol. The summed E-state index contributed by atoms with van der Waals surface area (Å²) in [5.74, 6) is -0.791. The Kier molecular flexibility index (Phi) is 8.01. The van der Waals surface area contributed by atoms with Gasteiger partial charge in [-0.3, -0.25) is 14.2 Å². The molecule has 3 rings (SSSR count). The molecule has 0 amide bonds. The van der Waals surface area contributed by atoms with Crippen molar-refractivity contribution in [2.24, 2.45) is 0 Å². The second-order valence-corrected chi connectivity index (χ2v) is 8.29. The van der Waals surface area contributed by atoms with E-state index in [-0.39, 0.29) is 24.5 Å². The summed E-state index contributed by atoms with van der Waals surface area (Å²) in [5, 5.41) is 4.35. The normalized spacial score (nSPS) is 10.7. The van der Waals surface area contributed by atoms with E-state index in [9.17, 15) is 14.4 Å². The molecule has 0 bridgehead atoms. The van der Waals surface area contributed by atoms with Gasteiger partial charge in [-0.1, -0.05) is 41.3 Å². The molecule has 32 heavy (non-hydrogen) atoms. The maximum absolute atomic E-state index is 13.0. The number of aromatic nitrogens is 3. The summed E-state index contributed by atoms with van der Waals surface area (Å²) in [6.07, 6.45) is 1.68. The number of para-hydroxylation sites is 1. The smallest absolute Gasteiger partial charge is 0.350 e.